The molecule has 0 aromatic carbocycles. The molecule has 0 radical (unpaired) electrons. The van der Waals surface area contributed by atoms with Crippen LogP contribution < -0.4 is 5.32 Å². The Labute approximate surface area is 115 Å². The molecule has 1 aliphatic rings. The van der Waals surface area contributed by atoms with Crippen molar-refractivity contribution in [1.82, 2.24) is 14.2 Å². The lowest BCUT2D eigenvalue weighted by atomic mass is 10.3. The van der Waals surface area contributed by atoms with Crippen LogP contribution in [0.2, 0.25) is 0 Å². The molecule has 0 aliphatic heterocycles. The Morgan fingerprint density at radius 2 is 2.16 bits per heavy atom. The van der Waals surface area contributed by atoms with Gasteiger partial charge in [-0.25, -0.2) is 12.7 Å². The Hall–Kier alpha value is -0.850. The zero-order chi connectivity index (χ0) is 14.2. The number of aromatic nitrogens is 1. The second kappa shape index (κ2) is 5.26. The highest BCUT2D eigenvalue weighted by Gasteiger charge is 2.36. The summed E-state index contributed by atoms with van der Waals surface area (Å²) in [5, 5.41) is 3.04. The molecule has 108 valence electrons. The zero-order valence-electron chi connectivity index (χ0n) is 12.0. The Kier molecular flexibility index (Phi) is 4.03. The molecule has 1 fully saturated rings. The van der Waals surface area contributed by atoms with Gasteiger partial charge in [0, 0.05) is 39.1 Å². The molecule has 0 spiro atoms. The van der Waals surface area contributed by atoms with Crippen LogP contribution in [-0.4, -0.2) is 37.9 Å². The SMILES string of the molecule is CNCc1cc(S(=O)(=O)N(C)CC2CC2C)cn1C. The second-order valence-corrected chi connectivity index (χ2v) is 7.61. The molecule has 1 heterocycles. The van der Waals surface area contributed by atoms with Crippen LogP contribution in [0.3, 0.4) is 0 Å². The van der Waals surface area contributed by atoms with Gasteiger partial charge in [0.15, 0.2) is 0 Å². The zero-order valence-corrected chi connectivity index (χ0v) is 12.9. The molecule has 2 rings (SSSR count). The minimum absolute atomic E-state index is 0.385. The molecule has 1 saturated carbocycles. The Morgan fingerprint density at radius 3 is 2.68 bits per heavy atom. The van der Waals surface area contributed by atoms with E-state index in [4.69, 9.17) is 0 Å². The number of nitrogens with one attached hydrogen (secondary N) is 1. The Bertz CT molecular complexity index is 550. The molecule has 6 heteroatoms. The molecule has 2 atom stereocenters. The monoisotopic (exact) mass is 285 g/mol. The Balaban J connectivity index is 2.16. The van der Waals surface area contributed by atoms with Crippen LogP contribution >= 0.6 is 0 Å². The first-order chi connectivity index (χ1) is 8.86. The normalized spacial score (nSPS) is 23.0. The third-order valence-corrected chi connectivity index (χ3v) is 5.71. The summed E-state index contributed by atoms with van der Waals surface area (Å²) in [5.41, 5.74) is 0.967. The first-order valence-electron chi connectivity index (χ1n) is 6.62. The summed E-state index contributed by atoms with van der Waals surface area (Å²) in [6.45, 7) is 3.45. The summed E-state index contributed by atoms with van der Waals surface area (Å²) in [7, 11) is 2.04. The predicted octanol–water partition coefficient (Wildman–Crippen LogP) is 1.02. The van der Waals surface area contributed by atoms with Crippen molar-refractivity contribution in [2.45, 2.75) is 24.8 Å². The van der Waals surface area contributed by atoms with Gasteiger partial charge < -0.3 is 9.88 Å². The fraction of sp³-hybridized carbons (Fsp3) is 0.692. The molecule has 1 aromatic rings. The van der Waals surface area contributed by atoms with Crippen molar-refractivity contribution in [2.75, 3.05) is 20.6 Å². The fourth-order valence-corrected chi connectivity index (χ4v) is 3.66. The van der Waals surface area contributed by atoms with Crippen molar-refractivity contribution in [3.63, 3.8) is 0 Å². The van der Waals surface area contributed by atoms with E-state index >= 15 is 0 Å². The van der Waals surface area contributed by atoms with Gasteiger partial charge in [0.2, 0.25) is 10.0 Å². The van der Waals surface area contributed by atoms with Crippen LogP contribution in [0.4, 0.5) is 0 Å². The maximum Gasteiger partial charge on any atom is 0.244 e. The summed E-state index contributed by atoms with van der Waals surface area (Å²) in [4.78, 5) is 0.385. The number of hydrogen-bond donors (Lipinski definition) is 1. The fourth-order valence-electron chi connectivity index (χ4n) is 2.34. The molecule has 5 nitrogen and oxygen atoms in total. The first-order valence-corrected chi connectivity index (χ1v) is 8.06. The highest BCUT2D eigenvalue weighted by Crippen LogP contribution is 2.38. The van der Waals surface area contributed by atoms with Gasteiger partial charge in [0.1, 0.15) is 4.90 Å². The van der Waals surface area contributed by atoms with Crippen molar-refractivity contribution in [3.8, 4) is 0 Å². The average Bonchev–Trinajstić information content (AvgIpc) is 2.88. The highest BCUT2D eigenvalue weighted by atomic mass is 32.2. The highest BCUT2D eigenvalue weighted by molar-refractivity contribution is 7.89. The summed E-state index contributed by atoms with van der Waals surface area (Å²) >= 11 is 0. The third-order valence-electron chi connectivity index (χ3n) is 3.92. The molecule has 0 bridgehead atoms. The van der Waals surface area contributed by atoms with E-state index in [-0.39, 0.29) is 0 Å². The smallest absolute Gasteiger partial charge is 0.244 e. The largest absolute Gasteiger partial charge is 0.352 e. The molecular formula is C13H23N3O2S. The van der Waals surface area contributed by atoms with Gasteiger partial charge in [0.25, 0.3) is 0 Å². The Morgan fingerprint density at radius 1 is 1.53 bits per heavy atom. The van der Waals surface area contributed by atoms with E-state index < -0.39 is 10.0 Å². The van der Waals surface area contributed by atoms with Gasteiger partial charge >= 0.3 is 0 Å². The standard InChI is InChI=1S/C13H23N3O2S/c1-10-5-11(10)8-16(4)19(17,18)13-6-12(7-14-2)15(3)9-13/h6,9-11,14H,5,7-8H2,1-4H3. The average molecular weight is 285 g/mol. The molecule has 19 heavy (non-hydrogen) atoms. The summed E-state index contributed by atoms with van der Waals surface area (Å²) < 4.78 is 28.3. The number of aryl methyl sites for hydroxylation is 1. The quantitative estimate of drug-likeness (QED) is 0.849. The van der Waals surface area contributed by atoms with E-state index in [0.717, 1.165) is 12.1 Å². The summed E-state index contributed by atoms with van der Waals surface area (Å²) in [6.07, 6.45) is 2.83. The first kappa shape index (κ1) is 14.6. The van der Waals surface area contributed by atoms with Crippen LogP contribution in [0.1, 0.15) is 19.0 Å². The maximum absolute atomic E-state index is 12.5. The molecular weight excluding hydrogens is 262 g/mol. The molecule has 1 aliphatic carbocycles. The van der Waals surface area contributed by atoms with E-state index in [9.17, 15) is 8.42 Å². The summed E-state index contributed by atoms with van der Waals surface area (Å²) in [6, 6.07) is 1.75. The molecule has 1 aromatic heterocycles. The van der Waals surface area contributed by atoms with Crippen LogP contribution in [0.5, 0.6) is 0 Å². The summed E-state index contributed by atoms with van der Waals surface area (Å²) in [5.74, 6) is 1.19. The van der Waals surface area contributed by atoms with E-state index in [0.29, 0.717) is 29.8 Å². The topological polar surface area (TPSA) is 54.3 Å². The number of hydrogen-bond acceptors (Lipinski definition) is 3. The van der Waals surface area contributed by atoms with Gasteiger partial charge in [-0.05, 0) is 31.4 Å². The van der Waals surface area contributed by atoms with Crippen molar-refractivity contribution in [3.05, 3.63) is 18.0 Å². The minimum Gasteiger partial charge on any atom is -0.352 e. The van der Waals surface area contributed by atoms with E-state index in [2.05, 4.69) is 12.2 Å². The van der Waals surface area contributed by atoms with Crippen molar-refractivity contribution in [1.29, 1.82) is 0 Å². The van der Waals surface area contributed by atoms with E-state index in [1.54, 1.807) is 19.3 Å². The lowest BCUT2D eigenvalue weighted by Crippen LogP contribution is -2.29. The van der Waals surface area contributed by atoms with E-state index in [1.807, 2.05) is 18.7 Å². The number of sulfonamides is 1. The van der Waals surface area contributed by atoms with Crippen molar-refractivity contribution >= 4 is 10.0 Å². The number of nitrogens with zero attached hydrogens (tertiary/aromatic N) is 2. The molecule has 0 saturated heterocycles. The van der Waals surface area contributed by atoms with Crippen molar-refractivity contribution < 1.29 is 8.42 Å². The van der Waals surface area contributed by atoms with Crippen LogP contribution in [0, 0.1) is 11.8 Å². The molecule has 1 N–H and O–H groups in total. The molecule has 0 amide bonds. The van der Waals surface area contributed by atoms with Gasteiger partial charge in [-0.1, -0.05) is 6.92 Å². The lowest BCUT2D eigenvalue weighted by Gasteiger charge is -2.15. The molecule has 2 unspecified atom stereocenters. The van der Waals surface area contributed by atoms with Crippen molar-refractivity contribution in [2.24, 2.45) is 18.9 Å². The van der Waals surface area contributed by atoms with Crippen LogP contribution in [0.25, 0.3) is 0 Å². The van der Waals surface area contributed by atoms with Gasteiger partial charge in [0.05, 0.1) is 0 Å². The van der Waals surface area contributed by atoms with Crippen LogP contribution in [-0.2, 0) is 23.6 Å². The minimum atomic E-state index is -3.35. The lowest BCUT2D eigenvalue weighted by molar-refractivity contribution is 0.444. The third kappa shape index (κ3) is 3.01. The van der Waals surface area contributed by atoms with E-state index in [1.165, 1.54) is 4.31 Å². The van der Waals surface area contributed by atoms with Gasteiger partial charge in [-0.15, -0.1) is 0 Å². The number of rotatable bonds is 6. The second-order valence-electron chi connectivity index (χ2n) is 5.57. The van der Waals surface area contributed by atoms with Crippen LogP contribution in [0.15, 0.2) is 17.2 Å². The predicted molar refractivity (Wildman–Crippen MR) is 75.3 cm³/mol. The maximum atomic E-state index is 12.5. The van der Waals surface area contributed by atoms with Gasteiger partial charge in [-0.3, -0.25) is 0 Å². The van der Waals surface area contributed by atoms with Gasteiger partial charge in [-0.2, -0.15) is 0 Å².